The number of hydrogen-bond acceptors (Lipinski definition) is 6. The van der Waals surface area contributed by atoms with Gasteiger partial charge in [-0.2, -0.15) is 5.26 Å². The maximum atomic E-state index is 12.1. The van der Waals surface area contributed by atoms with Crippen LogP contribution in [0.5, 0.6) is 0 Å². The maximum absolute atomic E-state index is 12.1. The third-order valence-corrected chi connectivity index (χ3v) is 3.17. The lowest BCUT2D eigenvalue weighted by molar-refractivity contribution is -0.384. The number of anilines is 2. The highest BCUT2D eigenvalue weighted by atomic mass is 16.6. The number of aromatic carboxylic acids is 1. The monoisotopic (exact) mass is 352 g/mol. The fourth-order valence-corrected chi connectivity index (χ4v) is 1.94. The Balaban J connectivity index is 2.13. The molecule has 0 heterocycles. The second kappa shape index (κ2) is 8.07. The molecule has 0 aromatic heterocycles. The molecule has 1 amide bonds. The van der Waals surface area contributed by atoms with Gasteiger partial charge in [0, 0.05) is 29.7 Å². The Hall–Kier alpha value is -4.19. The molecule has 0 unspecified atom stereocenters. The number of carbonyl (C=O) groups is 2. The minimum atomic E-state index is -1.15. The number of rotatable bonds is 6. The van der Waals surface area contributed by atoms with Gasteiger partial charge < -0.3 is 15.7 Å². The van der Waals surface area contributed by atoms with Crippen LogP contribution < -0.4 is 10.6 Å². The van der Waals surface area contributed by atoms with Crippen LogP contribution in [0.4, 0.5) is 17.1 Å². The van der Waals surface area contributed by atoms with Crippen LogP contribution in [0.25, 0.3) is 0 Å². The third-order valence-electron chi connectivity index (χ3n) is 3.17. The average Bonchev–Trinajstić information content (AvgIpc) is 2.62. The van der Waals surface area contributed by atoms with Crippen LogP contribution >= 0.6 is 0 Å². The first-order chi connectivity index (χ1) is 12.4. The maximum Gasteiger partial charge on any atom is 0.335 e. The molecule has 0 aliphatic rings. The van der Waals surface area contributed by atoms with Crippen LogP contribution in [0, 0.1) is 21.4 Å². The van der Waals surface area contributed by atoms with Gasteiger partial charge in [0.1, 0.15) is 11.6 Å². The molecule has 2 rings (SSSR count). The number of nitrogens with one attached hydrogen (secondary N) is 2. The molecule has 2 aromatic carbocycles. The van der Waals surface area contributed by atoms with Crippen molar-refractivity contribution in [2.45, 2.75) is 0 Å². The summed E-state index contributed by atoms with van der Waals surface area (Å²) < 4.78 is 0. The molecule has 0 bridgehead atoms. The largest absolute Gasteiger partial charge is 0.478 e. The van der Waals surface area contributed by atoms with E-state index in [2.05, 4.69) is 10.6 Å². The molecule has 2 aromatic rings. The van der Waals surface area contributed by atoms with Gasteiger partial charge in [0.15, 0.2) is 0 Å². The van der Waals surface area contributed by atoms with Gasteiger partial charge in [0.05, 0.1) is 10.5 Å². The van der Waals surface area contributed by atoms with Crippen LogP contribution in [0.1, 0.15) is 10.4 Å². The number of nitrogens with zero attached hydrogens (tertiary/aromatic N) is 2. The number of nitro groups is 1. The standard InChI is InChI=1S/C17H12N4O5/c18-9-12(10-19-13-4-2-6-15(8-13)21(25)26)16(22)20-14-5-1-3-11(7-14)17(23)24/h1-8,10,19H,(H,20,22)(H,23,24)/b12-10-. The molecule has 0 fully saturated rings. The molecule has 3 N–H and O–H groups in total. The molecular formula is C17H12N4O5. The lowest BCUT2D eigenvalue weighted by Gasteiger charge is -2.06. The number of carbonyl (C=O) groups excluding carboxylic acids is 1. The number of carboxylic acid groups (broad SMARTS) is 1. The lowest BCUT2D eigenvalue weighted by Crippen LogP contribution is -2.15. The average molecular weight is 352 g/mol. The number of nitro benzene ring substituents is 1. The highest BCUT2D eigenvalue weighted by molar-refractivity contribution is 6.07. The highest BCUT2D eigenvalue weighted by Crippen LogP contribution is 2.17. The van der Waals surface area contributed by atoms with E-state index >= 15 is 0 Å². The Morgan fingerprint density at radius 3 is 2.50 bits per heavy atom. The van der Waals surface area contributed by atoms with Gasteiger partial charge in [-0.1, -0.05) is 12.1 Å². The highest BCUT2D eigenvalue weighted by Gasteiger charge is 2.11. The van der Waals surface area contributed by atoms with E-state index in [4.69, 9.17) is 10.4 Å². The van der Waals surface area contributed by atoms with Gasteiger partial charge in [-0.3, -0.25) is 14.9 Å². The molecule has 26 heavy (non-hydrogen) atoms. The van der Waals surface area contributed by atoms with E-state index in [9.17, 15) is 19.7 Å². The van der Waals surface area contributed by atoms with Crippen molar-refractivity contribution in [3.05, 3.63) is 76.0 Å². The molecule has 0 spiro atoms. The van der Waals surface area contributed by atoms with E-state index in [1.807, 2.05) is 0 Å². The summed E-state index contributed by atoms with van der Waals surface area (Å²) in [5.74, 6) is -1.91. The van der Waals surface area contributed by atoms with Crippen molar-refractivity contribution in [2.75, 3.05) is 10.6 Å². The molecule has 0 saturated carbocycles. The molecule has 0 aliphatic heterocycles. The summed E-state index contributed by atoms with van der Waals surface area (Å²) in [6.45, 7) is 0. The fraction of sp³-hybridized carbons (Fsp3) is 0. The zero-order valence-electron chi connectivity index (χ0n) is 13.2. The SMILES string of the molecule is N#C/C(=C/Nc1cccc([N+](=O)[O-])c1)C(=O)Nc1cccc(C(=O)O)c1. The summed E-state index contributed by atoms with van der Waals surface area (Å²) >= 11 is 0. The van der Waals surface area contributed by atoms with Crippen LogP contribution in [0.15, 0.2) is 60.3 Å². The number of carboxylic acids is 1. The molecule has 130 valence electrons. The Kier molecular flexibility index (Phi) is 5.63. The molecule has 9 nitrogen and oxygen atoms in total. The first-order valence-electron chi connectivity index (χ1n) is 7.16. The van der Waals surface area contributed by atoms with E-state index in [-0.39, 0.29) is 22.5 Å². The topological polar surface area (TPSA) is 145 Å². The van der Waals surface area contributed by atoms with Gasteiger partial charge in [-0.05, 0) is 24.3 Å². The quantitative estimate of drug-likeness (QED) is 0.313. The van der Waals surface area contributed by atoms with E-state index in [0.29, 0.717) is 5.69 Å². The molecule has 0 saturated heterocycles. The predicted octanol–water partition coefficient (Wildman–Crippen LogP) is 2.75. The van der Waals surface area contributed by atoms with Gasteiger partial charge in [0.2, 0.25) is 0 Å². The lowest BCUT2D eigenvalue weighted by atomic mass is 10.2. The minimum Gasteiger partial charge on any atom is -0.478 e. The van der Waals surface area contributed by atoms with Crippen LogP contribution in [-0.4, -0.2) is 21.9 Å². The van der Waals surface area contributed by atoms with Crippen molar-refractivity contribution < 1.29 is 19.6 Å². The van der Waals surface area contributed by atoms with Gasteiger partial charge in [-0.15, -0.1) is 0 Å². The summed E-state index contributed by atoms with van der Waals surface area (Å²) in [5, 5.41) is 33.8. The van der Waals surface area contributed by atoms with Gasteiger partial charge in [0.25, 0.3) is 11.6 Å². The summed E-state index contributed by atoms with van der Waals surface area (Å²) in [6, 6.07) is 12.8. The zero-order valence-corrected chi connectivity index (χ0v) is 13.2. The van der Waals surface area contributed by atoms with Gasteiger partial charge >= 0.3 is 5.97 Å². The van der Waals surface area contributed by atoms with Crippen molar-refractivity contribution in [2.24, 2.45) is 0 Å². The molecule has 0 radical (unpaired) electrons. The van der Waals surface area contributed by atoms with Crippen LogP contribution in [0.3, 0.4) is 0 Å². The van der Waals surface area contributed by atoms with E-state index < -0.39 is 16.8 Å². The van der Waals surface area contributed by atoms with E-state index in [1.165, 1.54) is 48.5 Å². The smallest absolute Gasteiger partial charge is 0.335 e. The summed E-state index contributed by atoms with van der Waals surface area (Å²) in [4.78, 5) is 33.2. The van der Waals surface area contributed by atoms with Crippen molar-refractivity contribution in [1.82, 2.24) is 0 Å². The Morgan fingerprint density at radius 1 is 1.15 bits per heavy atom. The molecule has 0 atom stereocenters. The first-order valence-corrected chi connectivity index (χ1v) is 7.16. The Bertz CT molecular complexity index is 946. The van der Waals surface area contributed by atoms with Crippen molar-refractivity contribution in [3.63, 3.8) is 0 Å². The Labute approximate surface area is 147 Å². The zero-order chi connectivity index (χ0) is 19.1. The van der Waals surface area contributed by atoms with E-state index in [1.54, 1.807) is 6.07 Å². The first kappa shape index (κ1) is 18.2. The van der Waals surface area contributed by atoms with Crippen molar-refractivity contribution >= 4 is 28.9 Å². The number of hydrogen-bond donors (Lipinski definition) is 3. The minimum absolute atomic E-state index is 0.0139. The fourth-order valence-electron chi connectivity index (χ4n) is 1.94. The second-order valence-electron chi connectivity index (χ2n) is 4.96. The van der Waals surface area contributed by atoms with Crippen LogP contribution in [-0.2, 0) is 4.79 Å². The second-order valence-corrected chi connectivity index (χ2v) is 4.96. The summed E-state index contributed by atoms with van der Waals surface area (Å²) in [7, 11) is 0. The Morgan fingerprint density at radius 2 is 1.85 bits per heavy atom. The molecular weight excluding hydrogens is 340 g/mol. The van der Waals surface area contributed by atoms with Crippen LogP contribution in [0.2, 0.25) is 0 Å². The number of nitriles is 1. The molecule has 9 heteroatoms. The van der Waals surface area contributed by atoms with E-state index in [0.717, 1.165) is 6.20 Å². The number of amides is 1. The normalized spacial score (nSPS) is 10.5. The number of benzene rings is 2. The van der Waals surface area contributed by atoms with Crippen molar-refractivity contribution in [3.8, 4) is 6.07 Å². The number of non-ortho nitro benzene ring substituents is 1. The third kappa shape index (κ3) is 4.65. The predicted molar refractivity (Wildman–Crippen MR) is 92.4 cm³/mol. The van der Waals surface area contributed by atoms with Crippen molar-refractivity contribution in [1.29, 1.82) is 5.26 Å². The summed E-state index contributed by atoms with van der Waals surface area (Å²) in [5.41, 5.74) is 0.0908. The van der Waals surface area contributed by atoms with Gasteiger partial charge in [-0.25, -0.2) is 4.79 Å². The molecule has 0 aliphatic carbocycles. The summed E-state index contributed by atoms with van der Waals surface area (Å²) in [6.07, 6.45) is 1.11.